The summed E-state index contributed by atoms with van der Waals surface area (Å²) < 4.78 is 17.6. The lowest BCUT2D eigenvalue weighted by molar-refractivity contribution is -0.145. The normalized spacial score (nSPS) is 15.9. The Balaban J connectivity index is 1.94. The van der Waals surface area contributed by atoms with Crippen LogP contribution in [0.4, 0.5) is 0 Å². The molecule has 168 valence electrons. The number of ether oxygens (including phenoxy) is 3. The van der Waals surface area contributed by atoms with Crippen LogP contribution in [0.25, 0.3) is 16.3 Å². The maximum atomic E-state index is 13.1. The molecule has 1 aliphatic heterocycles. The van der Waals surface area contributed by atoms with Gasteiger partial charge in [-0.05, 0) is 64.4 Å². The third-order valence-electron chi connectivity index (χ3n) is 5.26. The second-order valence-electron chi connectivity index (χ2n) is 7.34. The molecular weight excluding hydrogens is 531 g/mol. The van der Waals surface area contributed by atoms with Crippen LogP contribution >= 0.6 is 22.6 Å². The van der Waals surface area contributed by atoms with Crippen LogP contribution in [-0.2, 0) is 23.8 Å². The molecule has 0 N–H and O–H groups in total. The van der Waals surface area contributed by atoms with Crippen LogP contribution in [0.5, 0.6) is 0 Å². The first-order valence-electron chi connectivity index (χ1n) is 10.7. The molecule has 33 heavy (non-hydrogen) atoms. The predicted octanol–water partition coefficient (Wildman–Crippen LogP) is 6.14. The van der Waals surface area contributed by atoms with Crippen LogP contribution in [0.15, 0.2) is 87.7 Å². The van der Waals surface area contributed by atoms with Crippen molar-refractivity contribution in [1.29, 1.82) is 0 Å². The Morgan fingerprint density at radius 3 is 2.18 bits per heavy atom. The van der Waals surface area contributed by atoms with Crippen LogP contribution in [0.3, 0.4) is 0 Å². The maximum absolute atomic E-state index is 13.1. The highest BCUT2D eigenvalue weighted by Crippen LogP contribution is 2.47. The van der Waals surface area contributed by atoms with Gasteiger partial charge in [0, 0.05) is 9.15 Å². The van der Waals surface area contributed by atoms with E-state index in [1.54, 1.807) is 13.8 Å². The molecule has 1 unspecified atom stereocenters. The number of carbonyl (C=O) groups excluding carboxylic acids is 2. The zero-order chi connectivity index (χ0) is 23.4. The second-order valence-corrected chi connectivity index (χ2v) is 8.50. The van der Waals surface area contributed by atoms with Gasteiger partial charge in [-0.25, -0.2) is 9.59 Å². The molecule has 0 amide bonds. The molecule has 3 aromatic rings. The van der Waals surface area contributed by atoms with Crippen molar-refractivity contribution < 1.29 is 23.8 Å². The Morgan fingerprint density at radius 1 is 0.848 bits per heavy atom. The van der Waals surface area contributed by atoms with Crippen molar-refractivity contribution in [2.45, 2.75) is 20.0 Å². The Bertz CT molecular complexity index is 1260. The van der Waals surface area contributed by atoms with Crippen molar-refractivity contribution in [2.75, 3.05) is 13.2 Å². The van der Waals surface area contributed by atoms with Gasteiger partial charge in [0.25, 0.3) is 0 Å². The number of hydrogen-bond donors (Lipinski definition) is 0. The molecule has 0 saturated carbocycles. The van der Waals surface area contributed by atoms with E-state index in [4.69, 9.17) is 14.2 Å². The molecule has 0 saturated heterocycles. The summed E-state index contributed by atoms with van der Waals surface area (Å²) in [6, 6.07) is 23.6. The number of halogens is 1. The molecule has 5 nitrogen and oxygen atoms in total. The summed E-state index contributed by atoms with van der Waals surface area (Å²) in [5, 5.41) is 2.16. The lowest BCUT2D eigenvalue weighted by Gasteiger charge is -2.30. The Hall–Kier alpha value is -3.13. The lowest BCUT2D eigenvalue weighted by atomic mass is 9.91. The number of benzene rings is 3. The van der Waals surface area contributed by atoms with Crippen molar-refractivity contribution in [3.05, 3.63) is 98.8 Å². The standard InChI is InChI=1S/C27H23IO5/c1-3-31-26(29)22-21(18-11-6-5-7-12-18)23(28)24(33-25(22)27(30)32-4-2)20-15-14-17-10-8-9-13-19(17)16-20/h5-16,24H,3-4H2,1-2H3. The van der Waals surface area contributed by atoms with Crippen LogP contribution in [-0.4, -0.2) is 25.2 Å². The van der Waals surface area contributed by atoms with Gasteiger partial charge >= 0.3 is 11.9 Å². The number of esters is 2. The minimum absolute atomic E-state index is 0.0861. The molecule has 0 fully saturated rings. The van der Waals surface area contributed by atoms with Gasteiger partial charge in [0.05, 0.1) is 13.2 Å². The molecule has 3 aromatic carbocycles. The molecule has 0 spiro atoms. The summed E-state index contributed by atoms with van der Waals surface area (Å²) in [4.78, 5) is 26.0. The van der Waals surface area contributed by atoms with Gasteiger partial charge in [-0.1, -0.05) is 66.7 Å². The number of carbonyl (C=O) groups is 2. The minimum Gasteiger partial charge on any atom is -0.472 e. The SMILES string of the molecule is CCOC(=O)C1=C(C(=O)OCC)C(c2ccccc2)=C(I)C(c2ccc3ccccc3c2)O1. The van der Waals surface area contributed by atoms with E-state index in [1.165, 1.54) is 0 Å². The quantitative estimate of drug-likeness (QED) is 0.271. The highest BCUT2D eigenvalue weighted by Gasteiger charge is 2.38. The Labute approximate surface area is 206 Å². The fraction of sp³-hybridized carbons (Fsp3) is 0.185. The molecule has 0 bridgehead atoms. The second kappa shape index (κ2) is 10.2. The van der Waals surface area contributed by atoms with Gasteiger partial charge < -0.3 is 14.2 Å². The van der Waals surface area contributed by atoms with E-state index in [1.807, 2.05) is 72.8 Å². The van der Waals surface area contributed by atoms with Crippen molar-refractivity contribution in [3.63, 3.8) is 0 Å². The third-order valence-corrected chi connectivity index (χ3v) is 6.37. The predicted molar refractivity (Wildman–Crippen MR) is 135 cm³/mol. The molecule has 0 aliphatic carbocycles. The average molecular weight is 554 g/mol. The van der Waals surface area contributed by atoms with E-state index < -0.39 is 18.0 Å². The molecule has 4 rings (SSSR count). The number of fused-ring (bicyclic) bond motifs is 1. The van der Waals surface area contributed by atoms with E-state index in [-0.39, 0.29) is 24.5 Å². The average Bonchev–Trinajstić information content (AvgIpc) is 2.84. The minimum atomic E-state index is -0.691. The molecule has 0 radical (unpaired) electrons. The van der Waals surface area contributed by atoms with Crippen LogP contribution in [0.1, 0.15) is 31.1 Å². The first-order chi connectivity index (χ1) is 16.0. The van der Waals surface area contributed by atoms with Crippen molar-refractivity contribution >= 4 is 50.9 Å². The van der Waals surface area contributed by atoms with Crippen molar-refractivity contribution in [1.82, 2.24) is 0 Å². The van der Waals surface area contributed by atoms with Gasteiger partial charge in [-0.2, -0.15) is 0 Å². The van der Waals surface area contributed by atoms with Gasteiger partial charge in [0.1, 0.15) is 5.57 Å². The van der Waals surface area contributed by atoms with E-state index >= 15 is 0 Å². The summed E-state index contributed by atoms with van der Waals surface area (Å²) in [5.74, 6) is -1.44. The van der Waals surface area contributed by atoms with Crippen LogP contribution in [0, 0.1) is 0 Å². The van der Waals surface area contributed by atoms with Gasteiger partial charge in [-0.15, -0.1) is 0 Å². The monoisotopic (exact) mass is 554 g/mol. The molecule has 1 atom stereocenters. The summed E-state index contributed by atoms with van der Waals surface area (Å²) in [6.07, 6.45) is -0.581. The van der Waals surface area contributed by atoms with E-state index in [0.717, 1.165) is 25.5 Å². The number of rotatable bonds is 6. The Kier molecular flexibility index (Phi) is 7.13. The van der Waals surface area contributed by atoms with Gasteiger partial charge in [-0.3, -0.25) is 0 Å². The first kappa shape index (κ1) is 23.0. The first-order valence-corrected chi connectivity index (χ1v) is 11.8. The third kappa shape index (κ3) is 4.66. The highest BCUT2D eigenvalue weighted by atomic mass is 127. The van der Waals surface area contributed by atoms with Gasteiger partial charge in [0.2, 0.25) is 5.76 Å². The fourth-order valence-corrected chi connectivity index (χ4v) is 4.88. The van der Waals surface area contributed by atoms with Crippen LogP contribution < -0.4 is 0 Å². The van der Waals surface area contributed by atoms with E-state index in [0.29, 0.717) is 5.57 Å². The molecule has 1 aliphatic rings. The van der Waals surface area contributed by atoms with Crippen LogP contribution in [0.2, 0.25) is 0 Å². The van der Waals surface area contributed by atoms with Crippen molar-refractivity contribution in [3.8, 4) is 0 Å². The maximum Gasteiger partial charge on any atom is 0.374 e. The molecular formula is C27H23IO5. The zero-order valence-electron chi connectivity index (χ0n) is 18.3. The fourth-order valence-electron chi connectivity index (χ4n) is 3.81. The van der Waals surface area contributed by atoms with E-state index in [9.17, 15) is 9.59 Å². The molecule has 1 heterocycles. The summed E-state index contributed by atoms with van der Waals surface area (Å²) in [6.45, 7) is 3.76. The number of hydrogen-bond acceptors (Lipinski definition) is 5. The summed E-state index contributed by atoms with van der Waals surface area (Å²) >= 11 is 2.20. The lowest BCUT2D eigenvalue weighted by Crippen LogP contribution is -2.25. The summed E-state index contributed by atoms with van der Waals surface area (Å²) in [7, 11) is 0. The smallest absolute Gasteiger partial charge is 0.374 e. The van der Waals surface area contributed by atoms with Crippen molar-refractivity contribution in [2.24, 2.45) is 0 Å². The topological polar surface area (TPSA) is 61.8 Å². The highest BCUT2D eigenvalue weighted by molar-refractivity contribution is 14.1. The van der Waals surface area contributed by atoms with Gasteiger partial charge in [0.15, 0.2) is 6.10 Å². The molecule has 0 aromatic heterocycles. The summed E-state index contributed by atoms with van der Waals surface area (Å²) in [5.41, 5.74) is 2.36. The Morgan fingerprint density at radius 2 is 1.48 bits per heavy atom. The molecule has 6 heteroatoms. The largest absolute Gasteiger partial charge is 0.472 e. The van der Waals surface area contributed by atoms with E-state index in [2.05, 4.69) is 22.6 Å². The zero-order valence-corrected chi connectivity index (χ0v) is 20.5.